The van der Waals surface area contributed by atoms with Crippen LogP contribution in [0.3, 0.4) is 0 Å². The molecule has 0 aromatic heterocycles. The Labute approximate surface area is 496 Å². The first-order valence-corrected chi connectivity index (χ1v) is 29.9. The Bertz CT molecular complexity index is 2380. The van der Waals surface area contributed by atoms with Gasteiger partial charge in [0.15, 0.2) is 0 Å². The molecular formula is C62H98NNaO16. The molecule has 80 heavy (non-hydrogen) atoms. The number of fused-ring (bicyclic) bond motifs is 15. The molecule has 0 bridgehead atoms. The van der Waals surface area contributed by atoms with Gasteiger partial charge in [0.05, 0.1) is 60.6 Å². The van der Waals surface area contributed by atoms with E-state index in [0.717, 1.165) is 101 Å². The van der Waals surface area contributed by atoms with Gasteiger partial charge in [0.2, 0.25) is 0 Å². The molecule has 9 unspecified atom stereocenters. The Balaban J connectivity index is 0.000000169. The van der Waals surface area contributed by atoms with Crippen LogP contribution in [-0.2, 0) is 19.1 Å². The number of hydrogen-bond acceptors (Lipinski definition) is 17. The van der Waals surface area contributed by atoms with Crippen LogP contribution in [0.5, 0.6) is 0 Å². The maximum absolute atomic E-state index is 11.4. The zero-order chi connectivity index (χ0) is 57.0. The minimum Gasteiger partial charge on any atom is -0.870 e. The van der Waals surface area contributed by atoms with Gasteiger partial charge in [-0.15, -0.1) is 0 Å². The fourth-order valence-electron chi connectivity index (χ4n) is 20.6. The second-order valence-corrected chi connectivity index (χ2v) is 28.3. The van der Waals surface area contributed by atoms with Gasteiger partial charge < -0.3 is 71.2 Å². The number of aliphatic hydroxyl groups excluding tert-OH is 10. The Morgan fingerprint density at radius 1 is 0.512 bits per heavy atom. The predicted octanol–water partition coefficient (Wildman–Crippen LogP) is 2.88. The van der Waals surface area contributed by atoms with Crippen molar-refractivity contribution in [3.8, 4) is 0 Å². The molecule has 12 N–H and O–H groups in total. The second-order valence-electron chi connectivity index (χ2n) is 28.3. The molecular weight excluding hydrogens is 1040 g/mol. The van der Waals surface area contributed by atoms with Crippen molar-refractivity contribution in [2.75, 3.05) is 7.11 Å². The zero-order valence-electron chi connectivity index (χ0n) is 49.5. The number of carbonyl (C=O) groups excluding carboxylic acids is 2. The third-order valence-corrected chi connectivity index (χ3v) is 24.5. The summed E-state index contributed by atoms with van der Waals surface area (Å²) in [4.78, 5) is 22.7. The zero-order valence-corrected chi connectivity index (χ0v) is 51.5. The number of nitrogens with zero attached hydrogens (tertiary/aromatic N) is 1. The molecule has 0 aromatic carbocycles. The molecule has 0 aromatic rings. The van der Waals surface area contributed by atoms with Crippen LogP contribution in [0.25, 0.3) is 0 Å². The van der Waals surface area contributed by atoms with Gasteiger partial charge in [-0.2, -0.15) is 0 Å². The van der Waals surface area contributed by atoms with E-state index in [4.69, 9.17) is 14.6 Å². The summed E-state index contributed by atoms with van der Waals surface area (Å²) in [6.45, 7) is 15.7. The monoisotopic (exact) mass is 1140 g/mol. The SMILES string of the molecule is CC(=O)O[C@H]1CC[C@@]2(C)C(=C[C@H](O)C3C2C(=NO)C[C@@]2(C)C3CC[C@@H]2O)C1.CC(=O)O[C@H]1CC[C@@]2(C)C(=C[C@H](O)C3C2[C@@H](O)C[C@@]2(C)C3CC[C@@H]2O)C1.CO.C[C@]12CC[C@H](O)CC1=C[C@H](O)C1C2[C@@H](O)C[C@@]2(C)C1CC[C@@H]2O.[Na+].[OH-]. The predicted molar refractivity (Wildman–Crippen MR) is 292 cm³/mol. The molecule has 26 atom stereocenters. The molecule has 0 heterocycles. The summed E-state index contributed by atoms with van der Waals surface area (Å²) in [5, 5.41) is 117. The van der Waals surface area contributed by atoms with E-state index in [-0.39, 0.29) is 157 Å². The minimum atomic E-state index is -0.638. The Kier molecular flexibility index (Phi) is 19.8. The van der Waals surface area contributed by atoms with Crippen LogP contribution in [0, 0.1) is 85.8 Å². The molecule has 12 aliphatic rings. The fourth-order valence-corrected chi connectivity index (χ4v) is 20.6. The molecule has 9 saturated carbocycles. The number of rotatable bonds is 2. The van der Waals surface area contributed by atoms with Crippen LogP contribution >= 0.6 is 0 Å². The van der Waals surface area contributed by atoms with E-state index in [0.29, 0.717) is 44.2 Å². The third kappa shape index (κ3) is 10.7. The average Bonchev–Trinajstić information content (AvgIpc) is 4.13. The van der Waals surface area contributed by atoms with Gasteiger partial charge in [0, 0.05) is 51.0 Å². The number of aliphatic hydroxyl groups is 10. The number of hydrogen-bond donors (Lipinski definition) is 11. The van der Waals surface area contributed by atoms with Crippen LogP contribution in [0.1, 0.15) is 171 Å². The molecule has 0 amide bonds. The van der Waals surface area contributed by atoms with Gasteiger partial charge in [-0.05, 0) is 171 Å². The van der Waals surface area contributed by atoms with Crippen LogP contribution in [-0.4, -0.2) is 154 Å². The van der Waals surface area contributed by atoms with Crippen molar-refractivity contribution < 1.29 is 110 Å². The average molecular weight is 1140 g/mol. The maximum Gasteiger partial charge on any atom is 1.00 e. The molecule has 448 valence electrons. The van der Waals surface area contributed by atoms with Crippen molar-refractivity contribution in [3.63, 3.8) is 0 Å². The molecule has 9 fully saturated rings. The van der Waals surface area contributed by atoms with Crippen LogP contribution < -0.4 is 29.6 Å². The molecule has 0 spiro atoms. The van der Waals surface area contributed by atoms with Crippen LogP contribution in [0.4, 0.5) is 0 Å². The summed E-state index contributed by atoms with van der Waals surface area (Å²) in [6, 6.07) is 0. The van der Waals surface area contributed by atoms with Crippen molar-refractivity contribution in [1.82, 2.24) is 0 Å². The van der Waals surface area contributed by atoms with E-state index in [1.165, 1.54) is 13.8 Å². The minimum absolute atomic E-state index is 0. The van der Waals surface area contributed by atoms with Crippen molar-refractivity contribution in [2.24, 2.45) is 90.9 Å². The summed E-state index contributed by atoms with van der Waals surface area (Å²) in [6.07, 6.45) is 14.8. The maximum atomic E-state index is 11.4. The van der Waals surface area contributed by atoms with Crippen molar-refractivity contribution in [1.29, 1.82) is 0 Å². The Morgan fingerprint density at radius 3 is 1.30 bits per heavy atom. The summed E-state index contributed by atoms with van der Waals surface area (Å²) >= 11 is 0. The van der Waals surface area contributed by atoms with E-state index < -0.39 is 42.7 Å². The van der Waals surface area contributed by atoms with Crippen LogP contribution in [0.15, 0.2) is 40.1 Å². The van der Waals surface area contributed by atoms with Gasteiger partial charge in [-0.25, -0.2) is 0 Å². The molecule has 18 heteroatoms. The van der Waals surface area contributed by atoms with E-state index in [1.54, 1.807) is 0 Å². The Hall–Kier alpha value is -1.81. The molecule has 0 aliphatic heterocycles. The smallest absolute Gasteiger partial charge is 0.870 e. The van der Waals surface area contributed by atoms with Gasteiger partial charge in [-0.3, -0.25) is 9.59 Å². The van der Waals surface area contributed by atoms with Gasteiger partial charge in [0.25, 0.3) is 0 Å². The first-order chi connectivity index (χ1) is 36.6. The molecule has 17 nitrogen and oxygen atoms in total. The number of ether oxygens (including phenoxy) is 2. The van der Waals surface area contributed by atoms with E-state index in [9.17, 15) is 60.8 Å². The van der Waals surface area contributed by atoms with Crippen molar-refractivity contribution >= 4 is 17.7 Å². The third-order valence-electron chi connectivity index (χ3n) is 24.5. The van der Waals surface area contributed by atoms with Gasteiger partial charge in [-0.1, -0.05) is 81.6 Å². The molecule has 12 rings (SSSR count). The largest absolute Gasteiger partial charge is 1.00 e. The summed E-state index contributed by atoms with van der Waals surface area (Å²) in [7, 11) is 1.00. The molecule has 0 saturated heterocycles. The van der Waals surface area contributed by atoms with Crippen molar-refractivity contribution in [2.45, 2.75) is 238 Å². The van der Waals surface area contributed by atoms with Crippen molar-refractivity contribution in [3.05, 3.63) is 34.9 Å². The number of esters is 2. The van der Waals surface area contributed by atoms with Gasteiger partial charge >= 0.3 is 41.5 Å². The van der Waals surface area contributed by atoms with E-state index in [2.05, 4.69) is 46.7 Å². The topological polar surface area (TPSA) is 317 Å². The second kappa shape index (κ2) is 24.2. The summed E-state index contributed by atoms with van der Waals surface area (Å²) in [5.74, 6) is 0.122. The van der Waals surface area contributed by atoms with E-state index >= 15 is 0 Å². The Morgan fingerprint density at radius 2 is 0.875 bits per heavy atom. The normalized spacial score (nSPS) is 51.3. The number of carbonyl (C=O) groups is 2. The van der Waals surface area contributed by atoms with Gasteiger partial charge in [0.1, 0.15) is 12.2 Å². The van der Waals surface area contributed by atoms with Crippen LogP contribution in [0.2, 0.25) is 0 Å². The molecule has 0 radical (unpaired) electrons. The quantitative estimate of drug-likeness (QED) is 0.0623. The first kappa shape index (κ1) is 65.7. The first-order valence-electron chi connectivity index (χ1n) is 29.9. The summed E-state index contributed by atoms with van der Waals surface area (Å²) < 4.78 is 10.9. The standard InChI is InChI=1S/C21H31NO5.C21H32O5.C19H30O4.CH4O.Na.H2O/c1-11(23)27-13-6-7-20(2)12(8-13)9-16(24)18-14-4-5-17(25)21(14,3)10-15(22-26)19(18)20;1-11(22)26-13-6-7-20(2)12(8-13)9-15(23)18-14-4-5-17(25)21(14,3)10-16(24)19(18)20;1-18-6-5-11(20)7-10(18)8-13(21)16-12-3-4-15(23)19(12,2)9-14(22)17(16)18;1-2;;/h9,13-14,16-19,24-26H,4-8,10H2,1-3H3;9,13-19,23-25H,4-8,10H2,1-3H3;8,11-17,20-23H,3-7,9H2,1-2H3;2H,1H3;;1H2/q;;;;+1;/p-1/t13-,14?,16-,17-,18?,19?,20-,21-;13-,14?,15-,16-,17-,18?,19?,20-,21-;11-,12?,13-,14-,15-,16?,17?,18-,19-;;;/m000.../s1. The summed E-state index contributed by atoms with van der Waals surface area (Å²) in [5.41, 5.74) is 2.63. The van der Waals surface area contributed by atoms with E-state index in [1.807, 2.05) is 18.2 Å². The molecule has 12 aliphatic carbocycles. The number of oxime groups is 1. The fraction of sp³-hybridized carbons (Fsp3) is 0.855.